The standard InChI is InChI=1S/C16H8Cl3N3O3/c17-9-1-3-11-14(7-9)20-15(21-16(11)23)13(19)6-8-5-10(22(24)25)2-4-12(8)18/h1-7H,(H,20,21,23)/b13-6-. The fourth-order valence-corrected chi connectivity index (χ4v) is 2.73. The van der Waals surface area contributed by atoms with Gasteiger partial charge in [-0.3, -0.25) is 14.9 Å². The maximum atomic E-state index is 12.1. The second kappa shape index (κ2) is 6.84. The maximum absolute atomic E-state index is 12.1. The van der Waals surface area contributed by atoms with Gasteiger partial charge in [-0.1, -0.05) is 34.8 Å². The zero-order valence-electron chi connectivity index (χ0n) is 12.3. The molecular formula is C16H8Cl3N3O3. The molecule has 0 unspecified atom stereocenters. The van der Waals surface area contributed by atoms with Crippen LogP contribution in [0.3, 0.4) is 0 Å². The number of halogens is 3. The molecule has 0 atom stereocenters. The number of aromatic amines is 1. The molecule has 0 fully saturated rings. The molecule has 0 aliphatic rings. The second-order valence-corrected chi connectivity index (χ2v) is 6.28. The van der Waals surface area contributed by atoms with Crippen LogP contribution in [0.4, 0.5) is 5.69 Å². The molecule has 1 aromatic heterocycles. The van der Waals surface area contributed by atoms with Gasteiger partial charge in [0, 0.05) is 27.7 Å². The van der Waals surface area contributed by atoms with Crippen LogP contribution in [0.1, 0.15) is 11.4 Å². The number of rotatable bonds is 3. The Hall–Kier alpha value is -2.41. The lowest BCUT2D eigenvalue weighted by molar-refractivity contribution is -0.384. The van der Waals surface area contributed by atoms with Crippen LogP contribution in [0, 0.1) is 10.1 Å². The van der Waals surface area contributed by atoms with Gasteiger partial charge in [-0.25, -0.2) is 4.98 Å². The highest BCUT2D eigenvalue weighted by atomic mass is 35.5. The minimum atomic E-state index is -0.542. The van der Waals surface area contributed by atoms with Crippen LogP contribution in [0.2, 0.25) is 10.0 Å². The molecule has 3 aromatic rings. The van der Waals surface area contributed by atoms with Gasteiger partial charge in [0.2, 0.25) is 0 Å². The number of nitrogens with one attached hydrogen (secondary N) is 1. The lowest BCUT2D eigenvalue weighted by Crippen LogP contribution is -2.10. The Morgan fingerprint density at radius 1 is 1.20 bits per heavy atom. The summed E-state index contributed by atoms with van der Waals surface area (Å²) >= 11 is 18.2. The molecule has 9 heteroatoms. The number of nitro benzene ring substituents is 1. The third kappa shape index (κ3) is 3.66. The predicted octanol–water partition coefficient (Wildman–Crippen LogP) is 4.88. The van der Waals surface area contributed by atoms with Crippen LogP contribution in [0.15, 0.2) is 41.2 Å². The summed E-state index contributed by atoms with van der Waals surface area (Å²) in [5.74, 6) is 0.101. The molecule has 126 valence electrons. The van der Waals surface area contributed by atoms with Gasteiger partial charge in [0.15, 0.2) is 5.82 Å². The number of fused-ring (bicyclic) bond motifs is 1. The highest BCUT2D eigenvalue weighted by molar-refractivity contribution is 6.51. The number of H-pyrrole nitrogens is 1. The molecule has 0 spiro atoms. The molecule has 1 heterocycles. The highest BCUT2D eigenvalue weighted by Gasteiger charge is 2.11. The Balaban J connectivity index is 2.12. The lowest BCUT2D eigenvalue weighted by atomic mass is 10.2. The van der Waals surface area contributed by atoms with E-state index in [2.05, 4.69) is 9.97 Å². The summed E-state index contributed by atoms with van der Waals surface area (Å²) < 4.78 is 0. The van der Waals surface area contributed by atoms with Gasteiger partial charge in [0.25, 0.3) is 11.2 Å². The summed E-state index contributed by atoms with van der Waals surface area (Å²) in [5, 5.41) is 12.0. The summed E-state index contributed by atoms with van der Waals surface area (Å²) in [5.41, 5.74) is 0.192. The van der Waals surface area contributed by atoms with Crippen LogP contribution < -0.4 is 5.56 Å². The summed E-state index contributed by atoms with van der Waals surface area (Å²) in [6, 6.07) is 8.64. The first-order valence-corrected chi connectivity index (χ1v) is 7.99. The van der Waals surface area contributed by atoms with Gasteiger partial charge in [-0.05, 0) is 30.3 Å². The fraction of sp³-hybridized carbons (Fsp3) is 0. The molecule has 3 rings (SSSR count). The Morgan fingerprint density at radius 2 is 1.96 bits per heavy atom. The van der Waals surface area contributed by atoms with Crippen molar-refractivity contribution >= 4 is 62.5 Å². The van der Waals surface area contributed by atoms with Crippen molar-refractivity contribution in [3.8, 4) is 0 Å². The van der Waals surface area contributed by atoms with Gasteiger partial charge in [-0.15, -0.1) is 0 Å². The van der Waals surface area contributed by atoms with Gasteiger partial charge >= 0.3 is 0 Å². The third-order valence-electron chi connectivity index (χ3n) is 3.37. The van der Waals surface area contributed by atoms with Gasteiger partial charge in [-0.2, -0.15) is 0 Å². The van der Waals surface area contributed by atoms with E-state index in [-0.39, 0.29) is 27.1 Å². The monoisotopic (exact) mass is 395 g/mol. The molecule has 0 amide bonds. The van der Waals surface area contributed by atoms with Crippen LogP contribution in [-0.2, 0) is 0 Å². The van der Waals surface area contributed by atoms with Gasteiger partial charge in [0.05, 0.1) is 20.9 Å². The summed E-state index contributed by atoms with van der Waals surface area (Å²) in [6.45, 7) is 0. The molecule has 0 saturated carbocycles. The first kappa shape index (κ1) is 17.4. The van der Waals surface area contributed by atoms with Crippen molar-refractivity contribution in [1.82, 2.24) is 9.97 Å². The van der Waals surface area contributed by atoms with Crippen molar-refractivity contribution in [2.24, 2.45) is 0 Å². The normalized spacial score (nSPS) is 11.7. The lowest BCUT2D eigenvalue weighted by Gasteiger charge is -2.04. The number of aromatic nitrogens is 2. The molecule has 0 aliphatic carbocycles. The van der Waals surface area contributed by atoms with E-state index in [1.165, 1.54) is 24.3 Å². The number of hydrogen-bond acceptors (Lipinski definition) is 4. The Morgan fingerprint density at radius 3 is 2.68 bits per heavy atom. The summed E-state index contributed by atoms with van der Waals surface area (Å²) in [7, 11) is 0. The van der Waals surface area contributed by atoms with E-state index in [1.807, 2.05) is 0 Å². The largest absolute Gasteiger partial charge is 0.305 e. The molecule has 0 radical (unpaired) electrons. The smallest absolute Gasteiger partial charge is 0.270 e. The number of nitro groups is 1. The molecule has 0 saturated heterocycles. The summed E-state index contributed by atoms with van der Waals surface area (Å²) in [4.78, 5) is 29.3. The Kier molecular flexibility index (Phi) is 4.76. The maximum Gasteiger partial charge on any atom is 0.270 e. The molecule has 2 aromatic carbocycles. The van der Waals surface area contributed by atoms with Crippen LogP contribution >= 0.6 is 34.8 Å². The van der Waals surface area contributed by atoms with Crippen molar-refractivity contribution in [2.75, 3.05) is 0 Å². The van der Waals surface area contributed by atoms with Gasteiger partial charge in [0.1, 0.15) is 0 Å². The zero-order chi connectivity index (χ0) is 18.1. The van der Waals surface area contributed by atoms with E-state index in [9.17, 15) is 14.9 Å². The number of nitrogens with zero attached hydrogens (tertiary/aromatic N) is 2. The van der Waals surface area contributed by atoms with E-state index < -0.39 is 4.92 Å². The van der Waals surface area contributed by atoms with E-state index in [0.29, 0.717) is 21.5 Å². The Bertz CT molecular complexity index is 1090. The van der Waals surface area contributed by atoms with Crippen molar-refractivity contribution in [2.45, 2.75) is 0 Å². The Labute approximate surface area is 155 Å². The molecule has 6 nitrogen and oxygen atoms in total. The van der Waals surface area contributed by atoms with Gasteiger partial charge < -0.3 is 4.98 Å². The number of non-ortho nitro benzene ring substituents is 1. The second-order valence-electron chi connectivity index (χ2n) is 5.03. The molecule has 0 bridgehead atoms. The van der Waals surface area contributed by atoms with E-state index in [4.69, 9.17) is 34.8 Å². The van der Waals surface area contributed by atoms with E-state index >= 15 is 0 Å². The first-order valence-electron chi connectivity index (χ1n) is 6.86. The quantitative estimate of drug-likeness (QED) is 0.505. The molecule has 25 heavy (non-hydrogen) atoms. The van der Waals surface area contributed by atoms with Crippen molar-refractivity contribution < 1.29 is 4.92 Å². The minimum absolute atomic E-state index is 0.0707. The van der Waals surface area contributed by atoms with Crippen molar-refractivity contribution in [3.63, 3.8) is 0 Å². The van der Waals surface area contributed by atoms with E-state index in [0.717, 1.165) is 0 Å². The van der Waals surface area contributed by atoms with Crippen molar-refractivity contribution in [1.29, 1.82) is 0 Å². The highest BCUT2D eigenvalue weighted by Crippen LogP contribution is 2.27. The van der Waals surface area contributed by atoms with Crippen LogP contribution in [0.25, 0.3) is 22.0 Å². The summed E-state index contributed by atoms with van der Waals surface area (Å²) in [6.07, 6.45) is 1.39. The molecule has 0 aliphatic heterocycles. The first-order chi connectivity index (χ1) is 11.8. The van der Waals surface area contributed by atoms with E-state index in [1.54, 1.807) is 18.2 Å². The molecular weight excluding hydrogens is 389 g/mol. The number of hydrogen-bond donors (Lipinski definition) is 1. The third-order valence-corrected chi connectivity index (χ3v) is 4.23. The van der Waals surface area contributed by atoms with Crippen molar-refractivity contribution in [3.05, 3.63) is 78.3 Å². The predicted molar refractivity (Wildman–Crippen MR) is 99.2 cm³/mol. The average Bonchev–Trinajstić information content (AvgIpc) is 2.56. The average molecular weight is 397 g/mol. The van der Waals surface area contributed by atoms with Crippen LogP contribution in [0.5, 0.6) is 0 Å². The SMILES string of the molecule is O=c1[nH]c(/C(Cl)=C/c2cc([N+](=O)[O-])ccc2Cl)nc2cc(Cl)ccc12. The minimum Gasteiger partial charge on any atom is -0.305 e. The topological polar surface area (TPSA) is 88.9 Å². The fourth-order valence-electron chi connectivity index (χ4n) is 2.19. The zero-order valence-corrected chi connectivity index (χ0v) is 14.6. The van der Waals surface area contributed by atoms with Crippen LogP contribution in [-0.4, -0.2) is 14.9 Å². The number of benzene rings is 2. The molecule has 1 N–H and O–H groups in total.